The molecule has 0 bridgehead atoms. The lowest BCUT2D eigenvalue weighted by molar-refractivity contribution is -0.158. The molecule has 3 fully saturated rings. The van der Waals surface area contributed by atoms with Crippen LogP contribution in [-0.4, -0.2) is 66.0 Å². The van der Waals surface area contributed by atoms with Crippen molar-refractivity contribution in [3.8, 4) is 0 Å². The van der Waals surface area contributed by atoms with Gasteiger partial charge in [0.05, 0.1) is 0 Å². The van der Waals surface area contributed by atoms with Crippen molar-refractivity contribution in [2.24, 2.45) is 11.8 Å². The monoisotopic (exact) mass is 294 g/mol. The Kier molecular flexibility index (Phi) is 3.95. The first kappa shape index (κ1) is 14.5. The number of barbiturate groups is 1. The molecule has 1 aliphatic carbocycles. The molecule has 0 radical (unpaired) electrons. The minimum absolute atomic E-state index is 0.0839. The molecule has 2 aliphatic heterocycles. The molecule has 1 unspecified atom stereocenters. The minimum Gasteiger partial charge on any atom is -0.304 e. The van der Waals surface area contributed by atoms with E-state index in [1.807, 2.05) is 7.05 Å². The molecule has 0 aromatic heterocycles. The maximum atomic E-state index is 12.7. The van der Waals surface area contributed by atoms with E-state index in [0.717, 1.165) is 38.8 Å². The Balaban J connectivity index is 1.77. The average molecular weight is 294 g/mol. The number of nitrogens with zero attached hydrogens (tertiary/aromatic N) is 3. The number of hydrogen-bond donors (Lipinski definition) is 1. The van der Waals surface area contributed by atoms with Gasteiger partial charge in [0.15, 0.2) is 0 Å². The molecular weight excluding hydrogens is 272 g/mol. The predicted octanol–water partition coefficient (Wildman–Crippen LogP) is 0.0336. The zero-order chi connectivity index (χ0) is 15.0. The number of imide groups is 2. The van der Waals surface area contributed by atoms with Gasteiger partial charge in [-0.15, -0.1) is 0 Å². The molecule has 1 atom stereocenters. The van der Waals surface area contributed by atoms with Crippen LogP contribution in [0, 0.1) is 11.8 Å². The van der Waals surface area contributed by atoms with E-state index >= 15 is 0 Å². The van der Waals surface area contributed by atoms with Crippen LogP contribution < -0.4 is 5.32 Å². The Hall–Kier alpha value is -1.47. The quantitative estimate of drug-likeness (QED) is 0.728. The second-order valence-electron chi connectivity index (χ2n) is 6.22. The predicted molar refractivity (Wildman–Crippen MR) is 74.9 cm³/mol. The van der Waals surface area contributed by atoms with Crippen molar-refractivity contribution in [2.75, 3.05) is 33.2 Å². The Morgan fingerprint density at radius 3 is 2.24 bits per heavy atom. The van der Waals surface area contributed by atoms with E-state index in [9.17, 15) is 14.4 Å². The molecule has 1 saturated carbocycles. The number of piperazine rings is 1. The van der Waals surface area contributed by atoms with Gasteiger partial charge in [-0.3, -0.25) is 14.9 Å². The Labute approximate surface area is 124 Å². The summed E-state index contributed by atoms with van der Waals surface area (Å²) < 4.78 is 0. The molecule has 1 N–H and O–H groups in total. The zero-order valence-electron chi connectivity index (χ0n) is 12.4. The molecule has 21 heavy (non-hydrogen) atoms. The van der Waals surface area contributed by atoms with Gasteiger partial charge in [-0.25, -0.2) is 9.80 Å². The van der Waals surface area contributed by atoms with E-state index in [2.05, 4.69) is 10.2 Å². The molecule has 3 rings (SSSR count). The van der Waals surface area contributed by atoms with Crippen LogP contribution in [0.3, 0.4) is 0 Å². The van der Waals surface area contributed by atoms with Crippen molar-refractivity contribution < 1.29 is 14.4 Å². The van der Waals surface area contributed by atoms with E-state index in [4.69, 9.17) is 0 Å². The van der Waals surface area contributed by atoms with E-state index in [1.54, 1.807) is 5.01 Å². The number of amides is 4. The molecule has 7 heteroatoms. The maximum Gasteiger partial charge on any atom is 0.345 e. The van der Waals surface area contributed by atoms with Crippen molar-refractivity contribution >= 4 is 17.8 Å². The van der Waals surface area contributed by atoms with Crippen molar-refractivity contribution in [1.82, 2.24) is 20.2 Å². The largest absolute Gasteiger partial charge is 0.345 e. The van der Waals surface area contributed by atoms with Crippen LogP contribution in [0.25, 0.3) is 0 Å². The van der Waals surface area contributed by atoms with Gasteiger partial charge >= 0.3 is 6.03 Å². The molecule has 0 aromatic rings. The fourth-order valence-electron chi connectivity index (χ4n) is 3.55. The van der Waals surface area contributed by atoms with Crippen molar-refractivity contribution in [2.45, 2.75) is 25.7 Å². The lowest BCUT2D eigenvalue weighted by Crippen LogP contribution is -2.66. The van der Waals surface area contributed by atoms with Crippen molar-refractivity contribution in [3.63, 3.8) is 0 Å². The molecule has 116 valence electrons. The highest BCUT2D eigenvalue weighted by Gasteiger charge is 2.47. The van der Waals surface area contributed by atoms with Gasteiger partial charge in [-0.1, -0.05) is 12.8 Å². The van der Waals surface area contributed by atoms with Gasteiger partial charge in [0, 0.05) is 26.2 Å². The number of likely N-dealkylation sites (N-methyl/N-ethyl adjacent to an activating group) is 1. The molecule has 0 spiro atoms. The smallest absolute Gasteiger partial charge is 0.304 e. The molecule has 7 nitrogen and oxygen atoms in total. The summed E-state index contributed by atoms with van der Waals surface area (Å²) in [4.78, 5) is 39.0. The first-order valence-electron chi connectivity index (χ1n) is 7.70. The second kappa shape index (κ2) is 5.73. The van der Waals surface area contributed by atoms with Crippen LogP contribution in [0.5, 0.6) is 0 Å². The highest BCUT2D eigenvalue weighted by molar-refractivity contribution is 6.16. The third-order valence-electron chi connectivity index (χ3n) is 4.81. The highest BCUT2D eigenvalue weighted by atomic mass is 16.2. The number of nitrogens with one attached hydrogen (secondary N) is 1. The van der Waals surface area contributed by atoms with E-state index in [0.29, 0.717) is 13.1 Å². The summed E-state index contributed by atoms with van der Waals surface area (Å²) in [6.07, 6.45) is 3.91. The Morgan fingerprint density at radius 2 is 1.62 bits per heavy atom. The number of carbonyl (C=O) groups is 3. The summed E-state index contributed by atoms with van der Waals surface area (Å²) in [5.41, 5.74) is 0. The van der Waals surface area contributed by atoms with E-state index in [-0.39, 0.29) is 11.8 Å². The summed E-state index contributed by atoms with van der Waals surface area (Å²) >= 11 is 0. The minimum atomic E-state index is -0.690. The Bertz CT molecular complexity index is 453. The first-order valence-corrected chi connectivity index (χ1v) is 7.70. The fraction of sp³-hybridized carbons (Fsp3) is 0.786. The van der Waals surface area contributed by atoms with Crippen LogP contribution >= 0.6 is 0 Å². The molecule has 0 aromatic carbocycles. The van der Waals surface area contributed by atoms with Gasteiger partial charge in [0.2, 0.25) is 5.91 Å². The fourth-order valence-corrected chi connectivity index (χ4v) is 3.55. The molecule has 4 amide bonds. The lowest BCUT2D eigenvalue weighted by Gasteiger charge is -2.42. The van der Waals surface area contributed by atoms with Gasteiger partial charge in [-0.05, 0) is 25.8 Å². The van der Waals surface area contributed by atoms with Crippen LogP contribution in [0.15, 0.2) is 0 Å². The number of urea groups is 1. The lowest BCUT2D eigenvalue weighted by atomic mass is 9.88. The first-order chi connectivity index (χ1) is 10.1. The van der Waals surface area contributed by atoms with Crippen LogP contribution in [-0.2, 0) is 9.59 Å². The number of carbonyl (C=O) groups excluding carboxylic acids is 3. The Morgan fingerprint density at radius 1 is 1.00 bits per heavy atom. The number of rotatable bonds is 2. The topological polar surface area (TPSA) is 73.0 Å². The third-order valence-corrected chi connectivity index (χ3v) is 4.81. The third kappa shape index (κ3) is 2.67. The number of hydrazine groups is 1. The molecular formula is C14H22N4O3. The van der Waals surface area contributed by atoms with E-state index in [1.165, 1.54) is 5.01 Å². The molecule has 2 heterocycles. The number of hydrogen-bond acceptors (Lipinski definition) is 5. The van der Waals surface area contributed by atoms with Gasteiger partial charge in [0.1, 0.15) is 5.92 Å². The van der Waals surface area contributed by atoms with Crippen molar-refractivity contribution in [3.05, 3.63) is 0 Å². The highest BCUT2D eigenvalue weighted by Crippen LogP contribution is 2.34. The summed E-state index contributed by atoms with van der Waals surface area (Å²) in [5.74, 6) is -1.35. The van der Waals surface area contributed by atoms with Gasteiger partial charge < -0.3 is 4.90 Å². The van der Waals surface area contributed by atoms with Crippen LogP contribution in [0.2, 0.25) is 0 Å². The second-order valence-corrected chi connectivity index (χ2v) is 6.22. The zero-order valence-corrected chi connectivity index (χ0v) is 12.4. The SMILES string of the molecule is CN1CCN(N2C(=O)NC(=O)C(C3CCCC3)C2=O)CC1. The van der Waals surface area contributed by atoms with Crippen LogP contribution in [0.1, 0.15) is 25.7 Å². The summed E-state index contributed by atoms with van der Waals surface area (Å²) in [6, 6.07) is -0.594. The normalized spacial score (nSPS) is 30.0. The molecule has 2 saturated heterocycles. The maximum absolute atomic E-state index is 12.7. The summed E-state index contributed by atoms with van der Waals surface area (Å²) in [7, 11) is 2.01. The van der Waals surface area contributed by atoms with Crippen molar-refractivity contribution in [1.29, 1.82) is 0 Å². The molecule has 3 aliphatic rings. The van der Waals surface area contributed by atoms with Crippen LogP contribution in [0.4, 0.5) is 4.79 Å². The average Bonchev–Trinajstić information content (AvgIpc) is 2.94. The standard InChI is InChI=1S/C14H22N4O3/c1-16-6-8-17(9-7-16)18-13(20)11(10-4-2-3-5-10)12(19)15-14(18)21/h10-11H,2-9H2,1H3,(H,15,19,21). The van der Waals surface area contributed by atoms with E-state index < -0.39 is 17.9 Å². The van der Waals surface area contributed by atoms with Gasteiger partial charge in [-0.2, -0.15) is 5.01 Å². The summed E-state index contributed by atoms with van der Waals surface area (Å²) in [5, 5.41) is 5.32. The summed E-state index contributed by atoms with van der Waals surface area (Å²) in [6.45, 7) is 2.86. The van der Waals surface area contributed by atoms with Gasteiger partial charge in [0.25, 0.3) is 5.91 Å².